The number of nitrogens with one attached hydrogen (secondary N) is 1. The molecule has 0 aliphatic heterocycles. The Hall–Kier alpha value is -0.180. The number of rotatable bonds is 9. The zero-order valence-corrected chi connectivity index (χ0v) is 11.0. The molecule has 0 rings (SSSR count). The van der Waals surface area contributed by atoms with E-state index in [4.69, 9.17) is 4.55 Å². The molecule has 16 heavy (non-hydrogen) atoms. The van der Waals surface area contributed by atoms with Crippen LogP contribution < -0.4 is 4.72 Å². The van der Waals surface area contributed by atoms with Crippen LogP contribution in [0.5, 0.6) is 0 Å². The third-order valence-corrected chi connectivity index (χ3v) is 4.33. The van der Waals surface area contributed by atoms with E-state index in [2.05, 4.69) is 11.6 Å². The van der Waals surface area contributed by atoms with Crippen molar-refractivity contribution in [1.29, 1.82) is 0 Å². The van der Waals surface area contributed by atoms with Crippen LogP contribution in [0.1, 0.15) is 32.6 Å². The molecule has 0 aromatic heterocycles. The number of unbranched alkanes of at least 4 members (excludes halogenated alkanes) is 3. The van der Waals surface area contributed by atoms with Gasteiger partial charge in [-0.25, -0.2) is 13.1 Å². The Kier molecular flexibility index (Phi) is 7.12. The molecule has 0 aliphatic carbocycles. The van der Waals surface area contributed by atoms with Gasteiger partial charge >= 0.3 is 0 Å². The summed E-state index contributed by atoms with van der Waals surface area (Å²) in [5, 5.41) is 0. The molecule has 6 nitrogen and oxygen atoms in total. The molecule has 0 aliphatic rings. The van der Waals surface area contributed by atoms with Crippen molar-refractivity contribution >= 4 is 20.1 Å². The third kappa shape index (κ3) is 10.3. The summed E-state index contributed by atoms with van der Waals surface area (Å²) >= 11 is 0. The van der Waals surface area contributed by atoms with Crippen molar-refractivity contribution < 1.29 is 21.4 Å². The molecule has 8 heteroatoms. The number of sulfonamides is 1. The van der Waals surface area contributed by atoms with Crippen molar-refractivity contribution in [1.82, 2.24) is 4.72 Å². The SMILES string of the molecule is CCCCCCNS(=O)(=O)CCS(=O)(=O)O. The molecule has 0 fully saturated rings. The van der Waals surface area contributed by atoms with Gasteiger partial charge < -0.3 is 0 Å². The van der Waals surface area contributed by atoms with Crippen LogP contribution in [-0.2, 0) is 20.1 Å². The van der Waals surface area contributed by atoms with E-state index in [0.717, 1.165) is 25.7 Å². The molecule has 2 N–H and O–H groups in total. The first-order chi connectivity index (χ1) is 7.27. The van der Waals surface area contributed by atoms with E-state index in [9.17, 15) is 16.8 Å². The zero-order chi connectivity index (χ0) is 12.7. The largest absolute Gasteiger partial charge is 0.286 e. The van der Waals surface area contributed by atoms with Crippen LogP contribution in [0.2, 0.25) is 0 Å². The van der Waals surface area contributed by atoms with Crippen LogP contribution in [0.15, 0.2) is 0 Å². The minimum atomic E-state index is -4.22. The Bertz CT molecular complexity index is 373. The first-order valence-electron chi connectivity index (χ1n) is 5.19. The molecule has 0 radical (unpaired) electrons. The Balaban J connectivity index is 3.80. The second-order valence-corrected chi connectivity index (χ2v) is 7.06. The second kappa shape index (κ2) is 7.21. The van der Waals surface area contributed by atoms with E-state index in [-0.39, 0.29) is 0 Å². The van der Waals surface area contributed by atoms with Crippen LogP contribution in [-0.4, -0.2) is 39.4 Å². The molecule has 0 aromatic carbocycles. The first kappa shape index (κ1) is 15.8. The van der Waals surface area contributed by atoms with E-state index < -0.39 is 31.6 Å². The van der Waals surface area contributed by atoms with E-state index in [1.165, 1.54) is 0 Å². The predicted octanol–water partition coefficient (Wildman–Crippen LogP) is 0.374. The molecule has 0 saturated heterocycles. The van der Waals surface area contributed by atoms with Crippen molar-refractivity contribution in [2.45, 2.75) is 32.6 Å². The van der Waals surface area contributed by atoms with E-state index in [1.54, 1.807) is 0 Å². The van der Waals surface area contributed by atoms with Gasteiger partial charge in [0.2, 0.25) is 10.0 Å². The third-order valence-electron chi connectivity index (χ3n) is 1.96. The maximum atomic E-state index is 11.2. The lowest BCUT2D eigenvalue weighted by Gasteiger charge is -2.05. The van der Waals surface area contributed by atoms with Crippen LogP contribution in [0.4, 0.5) is 0 Å². The summed E-state index contributed by atoms with van der Waals surface area (Å²) in [6, 6.07) is 0. The van der Waals surface area contributed by atoms with E-state index >= 15 is 0 Å². The standard InChI is InChI=1S/C8H19NO5S2/c1-2-3-4-5-6-9-15(10,11)7-8-16(12,13)14/h9H,2-8H2,1H3,(H,12,13,14). The highest BCUT2D eigenvalue weighted by molar-refractivity contribution is 7.91. The predicted molar refractivity (Wildman–Crippen MR) is 62.3 cm³/mol. The molecule has 0 heterocycles. The fourth-order valence-corrected chi connectivity index (χ4v) is 3.39. The Labute approximate surface area is 97.2 Å². The lowest BCUT2D eigenvalue weighted by atomic mass is 10.2. The van der Waals surface area contributed by atoms with Gasteiger partial charge in [-0.05, 0) is 6.42 Å². The van der Waals surface area contributed by atoms with Gasteiger partial charge in [0.05, 0.1) is 11.5 Å². The van der Waals surface area contributed by atoms with Crippen LogP contribution in [0.25, 0.3) is 0 Å². The van der Waals surface area contributed by atoms with Gasteiger partial charge in [-0.2, -0.15) is 8.42 Å². The van der Waals surface area contributed by atoms with Gasteiger partial charge in [-0.15, -0.1) is 0 Å². The van der Waals surface area contributed by atoms with Crippen molar-refractivity contribution in [2.75, 3.05) is 18.1 Å². The lowest BCUT2D eigenvalue weighted by Crippen LogP contribution is -2.30. The smallest absolute Gasteiger partial charge is 0.265 e. The van der Waals surface area contributed by atoms with Crippen LogP contribution >= 0.6 is 0 Å². The van der Waals surface area contributed by atoms with Crippen LogP contribution in [0.3, 0.4) is 0 Å². The second-order valence-electron chi connectivity index (χ2n) is 3.56. The number of hydrogen-bond donors (Lipinski definition) is 2. The summed E-state index contributed by atoms with van der Waals surface area (Å²) in [6.07, 6.45) is 3.79. The molecular formula is C8H19NO5S2. The van der Waals surface area contributed by atoms with Gasteiger partial charge in [0, 0.05) is 6.54 Å². The summed E-state index contributed by atoms with van der Waals surface area (Å²) in [6.45, 7) is 2.37. The summed E-state index contributed by atoms with van der Waals surface area (Å²) in [4.78, 5) is 0. The van der Waals surface area contributed by atoms with Gasteiger partial charge in [0.15, 0.2) is 0 Å². The molecule has 0 atom stereocenters. The molecular weight excluding hydrogens is 254 g/mol. The van der Waals surface area contributed by atoms with Gasteiger partial charge in [-0.1, -0.05) is 26.2 Å². The minimum absolute atomic E-state index is 0.313. The first-order valence-corrected chi connectivity index (χ1v) is 8.45. The maximum absolute atomic E-state index is 11.2. The molecule has 98 valence electrons. The monoisotopic (exact) mass is 273 g/mol. The Morgan fingerprint density at radius 3 is 2.12 bits per heavy atom. The van der Waals surface area contributed by atoms with E-state index in [1.807, 2.05) is 0 Å². The molecule has 0 aromatic rings. The fourth-order valence-electron chi connectivity index (χ4n) is 1.07. The van der Waals surface area contributed by atoms with Crippen molar-refractivity contribution in [3.63, 3.8) is 0 Å². The summed E-state index contributed by atoms with van der Waals surface area (Å²) in [7, 11) is -7.81. The Morgan fingerprint density at radius 2 is 1.62 bits per heavy atom. The number of hydrogen-bond acceptors (Lipinski definition) is 4. The summed E-state index contributed by atoms with van der Waals surface area (Å²) in [5.41, 5.74) is 0. The summed E-state index contributed by atoms with van der Waals surface area (Å²) < 4.78 is 53.8. The highest BCUT2D eigenvalue weighted by Crippen LogP contribution is 1.98. The molecule has 0 spiro atoms. The quantitative estimate of drug-likeness (QED) is 0.467. The lowest BCUT2D eigenvalue weighted by molar-refractivity contribution is 0.483. The highest BCUT2D eigenvalue weighted by Gasteiger charge is 2.14. The molecule has 0 unspecified atom stereocenters. The highest BCUT2D eigenvalue weighted by atomic mass is 32.2. The zero-order valence-electron chi connectivity index (χ0n) is 9.35. The van der Waals surface area contributed by atoms with Gasteiger partial charge in [0.1, 0.15) is 0 Å². The molecule has 0 saturated carbocycles. The Morgan fingerprint density at radius 1 is 1.00 bits per heavy atom. The van der Waals surface area contributed by atoms with Crippen molar-refractivity contribution in [2.24, 2.45) is 0 Å². The van der Waals surface area contributed by atoms with Crippen LogP contribution in [0, 0.1) is 0 Å². The normalized spacial score (nSPS) is 12.9. The van der Waals surface area contributed by atoms with Gasteiger partial charge in [-0.3, -0.25) is 4.55 Å². The maximum Gasteiger partial charge on any atom is 0.265 e. The average molecular weight is 273 g/mol. The minimum Gasteiger partial charge on any atom is -0.286 e. The van der Waals surface area contributed by atoms with Crippen molar-refractivity contribution in [3.8, 4) is 0 Å². The average Bonchev–Trinajstić information content (AvgIpc) is 2.14. The fraction of sp³-hybridized carbons (Fsp3) is 1.00. The molecule has 0 amide bonds. The van der Waals surface area contributed by atoms with E-state index in [0.29, 0.717) is 6.54 Å². The summed E-state index contributed by atoms with van der Waals surface area (Å²) in [5.74, 6) is -1.36. The molecule has 0 bridgehead atoms. The van der Waals surface area contributed by atoms with Gasteiger partial charge in [0.25, 0.3) is 10.1 Å². The topological polar surface area (TPSA) is 101 Å². The van der Waals surface area contributed by atoms with Crippen molar-refractivity contribution in [3.05, 3.63) is 0 Å².